The fourth-order valence-electron chi connectivity index (χ4n) is 6.38. The molecule has 2 aromatic rings. The van der Waals surface area contributed by atoms with Gasteiger partial charge in [-0.25, -0.2) is 19.6 Å². The van der Waals surface area contributed by atoms with Crippen LogP contribution in [0, 0.1) is 22.7 Å². The van der Waals surface area contributed by atoms with Crippen molar-refractivity contribution in [2.45, 2.75) is 137 Å². The van der Waals surface area contributed by atoms with Gasteiger partial charge < -0.3 is 28.8 Å². The van der Waals surface area contributed by atoms with Crippen molar-refractivity contribution < 1.29 is 38.4 Å². The second-order valence-electron chi connectivity index (χ2n) is 18.9. The first-order valence-corrected chi connectivity index (χ1v) is 26.8. The number of methoxy groups -OCH3 is 2. The number of allylic oxidation sites excluding steroid dienone is 10. The fourth-order valence-corrected chi connectivity index (χ4v) is 9.25. The summed E-state index contributed by atoms with van der Waals surface area (Å²) in [6.45, 7) is 22.9. The topological polar surface area (TPSA) is 137 Å². The van der Waals surface area contributed by atoms with Gasteiger partial charge in [-0.05, 0) is 62.7 Å². The number of hydrogen-bond donors (Lipinski definition) is 2. The number of ether oxygens (including phenoxy) is 3. The van der Waals surface area contributed by atoms with E-state index in [1.165, 1.54) is 29.8 Å². The molecular formula is C51H74N2O8S2Si. The highest BCUT2D eigenvalue weighted by molar-refractivity contribution is 7.10. The van der Waals surface area contributed by atoms with Crippen LogP contribution < -0.4 is 0 Å². The Labute approximate surface area is 392 Å². The Hall–Kier alpha value is -3.82. The lowest BCUT2D eigenvalue weighted by molar-refractivity contribution is -0.0419. The zero-order valence-corrected chi connectivity index (χ0v) is 43.0. The lowest BCUT2D eigenvalue weighted by Gasteiger charge is -2.45. The minimum absolute atomic E-state index is 0.0156. The first-order chi connectivity index (χ1) is 30.1. The SMILES string of the molecule is C/C=C/[C@H](O[Si](C)(C)C(C)(C)C)C(C)(C)[C@H](C\C=C/C=C\C=C\[C@@H](Cc1nc(C(=O)OC)cs1)OC)OC(=O)c1csc(/C=C\C=C\[C@@H]2C[C@@H]2/C=C\C[C@H](O)C(C)(C)[C@@H](O)/C=C/C)n1. The summed E-state index contributed by atoms with van der Waals surface area (Å²) in [5, 5.41) is 25.9. The second-order valence-corrected chi connectivity index (χ2v) is 25.5. The molecule has 13 heteroatoms. The van der Waals surface area contributed by atoms with E-state index < -0.39 is 49.4 Å². The van der Waals surface area contributed by atoms with Crippen molar-refractivity contribution >= 4 is 49.0 Å². The summed E-state index contributed by atoms with van der Waals surface area (Å²) in [5.41, 5.74) is -0.688. The van der Waals surface area contributed by atoms with Gasteiger partial charge in [0.25, 0.3) is 0 Å². The molecule has 3 rings (SSSR count). The minimum atomic E-state index is -2.21. The number of esters is 2. The van der Waals surface area contributed by atoms with Crippen LogP contribution in [0.5, 0.6) is 0 Å². The number of hydrogen-bond acceptors (Lipinski definition) is 12. The molecule has 0 spiro atoms. The maximum absolute atomic E-state index is 13.8. The molecule has 0 radical (unpaired) electrons. The smallest absolute Gasteiger partial charge is 0.358 e. The van der Waals surface area contributed by atoms with E-state index in [4.69, 9.17) is 18.6 Å². The molecule has 2 aromatic heterocycles. The number of aliphatic hydroxyl groups is 2. The molecular weight excluding hydrogens is 861 g/mol. The summed E-state index contributed by atoms with van der Waals surface area (Å²) < 4.78 is 23.7. The van der Waals surface area contributed by atoms with E-state index in [0.29, 0.717) is 41.8 Å². The molecule has 0 amide bonds. The van der Waals surface area contributed by atoms with Gasteiger partial charge in [0.2, 0.25) is 0 Å². The Morgan fingerprint density at radius 1 is 0.797 bits per heavy atom. The highest BCUT2D eigenvalue weighted by Gasteiger charge is 2.46. The summed E-state index contributed by atoms with van der Waals surface area (Å²) >= 11 is 2.78. The quantitative estimate of drug-likeness (QED) is 0.0428. The molecule has 2 heterocycles. The Kier molecular flexibility index (Phi) is 21.5. The van der Waals surface area contributed by atoms with Gasteiger partial charge in [0.1, 0.15) is 11.1 Å². The van der Waals surface area contributed by atoms with Gasteiger partial charge in [-0.15, -0.1) is 22.7 Å². The number of thiazole rings is 2. The summed E-state index contributed by atoms with van der Waals surface area (Å²) in [5.74, 6) is -0.0762. The maximum atomic E-state index is 13.8. The molecule has 64 heavy (non-hydrogen) atoms. The summed E-state index contributed by atoms with van der Waals surface area (Å²) in [4.78, 5) is 34.6. The summed E-state index contributed by atoms with van der Waals surface area (Å²) in [7, 11) is 0.759. The second kappa shape index (κ2) is 25.2. The van der Waals surface area contributed by atoms with Gasteiger partial charge >= 0.3 is 11.9 Å². The molecule has 0 bridgehead atoms. The van der Waals surface area contributed by atoms with Gasteiger partial charge in [0.15, 0.2) is 19.7 Å². The average Bonchev–Trinajstić information content (AvgIpc) is 3.54. The first kappa shape index (κ1) is 54.5. The van der Waals surface area contributed by atoms with E-state index in [1.54, 1.807) is 30.0 Å². The lowest BCUT2D eigenvalue weighted by atomic mass is 9.79. The Bertz CT molecular complexity index is 2030. The molecule has 2 N–H and O–H groups in total. The molecule has 7 atom stereocenters. The van der Waals surface area contributed by atoms with Crippen molar-refractivity contribution in [3.05, 3.63) is 123 Å². The zero-order valence-electron chi connectivity index (χ0n) is 40.3. The maximum Gasteiger partial charge on any atom is 0.358 e. The van der Waals surface area contributed by atoms with Gasteiger partial charge in [0, 0.05) is 41.5 Å². The average molecular weight is 935 g/mol. The number of aliphatic hydroxyl groups excluding tert-OH is 2. The van der Waals surface area contributed by atoms with Crippen molar-refractivity contribution in [2.75, 3.05) is 14.2 Å². The number of carbonyl (C=O) groups is 2. The zero-order chi connectivity index (χ0) is 47.7. The highest BCUT2D eigenvalue weighted by atomic mass is 32.1. The van der Waals surface area contributed by atoms with Crippen LogP contribution in [0.25, 0.3) is 6.08 Å². The van der Waals surface area contributed by atoms with Crippen LogP contribution in [-0.4, -0.2) is 85.2 Å². The molecule has 1 fully saturated rings. The van der Waals surface area contributed by atoms with Gasteiger partial charge in [-0.3, -0.25) is 0 Å². The monoisotopic (exact) mass is 934 g/mol. The van der Waals surface area contributed by atoms with Crippen molar-refractivity contribution in [1.82, 2.24) is 9.97 Å². The molecule has 1 aliphatic carbocycles. The van der Waals surface area contributed by atoms with Gasteiger partial charge in [-0.1, -0.05) is 140 Å². The first-order valence-electron chi connectivity index (χ1n) is 22.1. The fraction of sp³-hybridized carbons (Fsp3) is 0.529. The van der Waals surface area contributed by atoms with E-state index in [-0.39, 0.29) is 22.9 Å². The number of carbonyl (C=O) groups excluding carboxylic acids is 2. The van der Waals surface area contributed by atoms with Crippen LogP contribution in [0.4, 0.5) is 0 Å². The van der Waals surface area contributed by atoms with Crippen LogP contribution in [0.3, 0.4) is 0 Å². The predicted octanol–water partition coefficient (Wildman–Crippen LogP) is 11.7. The van der Waals surface area contributed by atoms with Crippen LogP contribution in [0.1, 0.15) is 113 Å². The summed E-state index contributed by atoms with van der Waals surface area (Å²) in [6.07, 6.45) is 31.5. The minimum Gasteiger partial charge on any atom is -0.464 e. The molecule has 1 saturated carbocycles. The molecule has 352 valence electrons. The van der Waals surface area contributed by atoms with E-state index >= 15 is 0 Å². The Balaban J connectivity index is 1.68. The van der Waals surface area contributed by atoms with E-state index in [2.05, 4.69) is 75.9 Å². The number of rotatable bonds is 25. The van der Waals surface area contributed by atoms with E-state index in [0.717, 1.165) is 11.4 Å². The van der Waals surface area contributed by atoms with Crippen LogP contribution in [0.15, 0.2) is 102 Å². The van der Waals surface area contributed by atoms with Crippen molar-refractivity contribution in [1.29, 1.82) is 0 Å². The molecule has 1 aliphatic rings. The van der Waals surface area contributed by atoms with Crippen LogP contribution >= 0.6 is 22.7 Å². The highest BCUT2D eigenvalue weighted by Crippen LogP contribution is 2.43. The third-order valence-electron chi connectivity index (χ3n) is 12.2. The van der Waals surface area contributed by atoms with E-state index in [1.807, 2.05) is 94.5 Å². The molecule has 0 unspecified atom stereocenters. The third-order valence-corrected chi connectivity index (χ3v) is 18.4. The van der Waals surface area contributed by atoms with E-state index in [9.17, 15) is 19.8 Å². The molecule has 0 aromatic carbocycles. The van der Waals surface area contributed by atoms with Crippen LogP contribution in [0.2, 0.25) is 18.1 Å². The summed E-state index contributed by atoms with van der Waals surface area (Å²) in [6, 6.07) is 0. The molecule has 0 aliphatic heterocycles. The van der Waals surface area contributed by atoms with Crippen molar-refractivity contribution in [2.24, 2.45) is 22.7 Å². The van der Waals surface area contributed by atoms with Crippen LogP contribution in [-0.2, 0) is 25.1 Å². The van der Waals surface area contributed by atoms with Gasteiger partial charge in [-0.2, -0.15) is 0 Å². The van der Waals surface area contributed by atoms with Gasteiger partial charge in [0.05, 0.1) is 36.5 Å². The Morgan fingerprint density at radius 2 is 1.45 bits per heavy atom. The number of aromatic nitrogens is 2. The largest absolute Gasteiger partial charge is 0.464 e. The standard InChI is InChI=1S/C51H74N2O8S2Si/c1-14-24-41(54)50(6,7)42(55)29-23-27-37-32-36(37)26-21-22-31-45-52-40(35-62-45)48(57)60-43(51(8,9)44(25-15-2)61-64(12,13)49(3,4)5)30-20-18-16-17-19-28-38(58-10)33-46-53-39(34-63-46)47(56)59-11/h14-28,31,34-38,41-44,54-55H,29-30,32-33H2,1-13H3/b17-16-,20-18-,24-14+,25-15+,26-21+,27-23-,28-19+,31-22-/t36-,37+,38+,41+,42+,43+,44+/m1/s1. The molecule has 0 saturated heterocycles. The normalized spacial score (nSPS) is 19.4. The van der Waals surface area contributed by atoms with Crippen molar-refractivity contribution in [3.8, 4) is 0 Å². The predicted molar refractivity (Wildman–Crippen MR) is 266 cm³/mol. The number of nitrogens with zero attached hydrogens (tertiary/aromatic N) is 2. The third kappa shape index (κ3) is 16.6. The molecule has 10 nitrogen and oxygen atoms in total. The van der Waals surface area contributed by atoms with Crippen molar-refractivity contribution in [3.63, 3.8) is 0 Å². The lowest BCUT2D eigenvalue weighted by Crippen LogP contribution is -2.51. The Morgan fingerprint density at radius 3 is 2.11 bits per heavy atom.